The number of rotatable bonds is 13. The van der Waals surface area contributed by atoms with Gasteiger partial charge in [-0.05, 0) is 97.6 Å². The molecule has 0 unspecified atom stereocenters. The van der Waals surface area contributed by atoms with Gasteiger partial charge < -0.3 is 0 Å². The van der Waals surface area contributed by atoms with Crippen molar-refractivity contribution in [3.05, 3.63) is 69.5 Å². The molecule has 2 aliphatic carbocycles. The Hall–Kier alpha value is -1.48. The van der Waals surface area contributed by atoms with Gasteiger partial charge in [-0.15, -0.1) is 0 Å². The van der Waals surface area contributed by atoms with Crippen LogP contribution >= 0.6 is 11.6 Å². The molecule has 0 nitrogen and oxygen atoms in total. The Morgan fingerprint density at radius 2 is 1.21 bits per heavy atom. The van der Waals surface area contributed by atoms with Gasteiger partial charge in [0.05, 0.1) is 5.02 Å². The van der Waals surface area contributed by atoms with Crippen LogP contribution in [0.5, 0.6) is 0 Å². The van der Waals surface area contributed by atoms with E-state index >= 15 is 0 Å². The minimum Gasteiger partial charge on any atom is -0.207 e. The van der Waals surface area contributed by atoms with Gasteiger partial charge in [-0.1, -0.05) is 102 Å². The summed E-state index contributed by atoms with van der Waals surface area (Å²) in [5, 5.41) is 0.0566. The van der Waals surface area contributed by atoms with Crippen molar-refractivity contribution < 1.29 is 13.2 Å². The number of aryl methyl sites for hydroxylation is 1. The predicted octanol–water partition coefficient (Wildman–Crippen LogP) is 11.8. The van der Waals surface area contributed by atoms with Crippen molar-refractivity contribution in [3.63, 3.8) is 0 Å². The first-order valence-corrected chi connectivity index (χ1v) is 16.2. The van der Waals surface area contributed by atoms with E-state index in [1.165, 1.54) is 102 Å². The van der Waals surface area contributed by atoms with Gasteiger partial charge in [0.2, 0.25) is 0 Å². The standard InChI is InChI=1S/C35H48ClF3/c1-2-3-4-5-6-7-25-8-10-26(11-9-25)12-13-27-14-18-29(19-15-27)30-23-33(37)31(34(38)24-30)20-16-28-17-21-32(36)35(39)22-28/h17,21-27,29H,2-16,18-20H2,1H3/t25-,26-,27?,29?. The van der Waals surface area contributed by atoms with Crippen molar-refractivity contribution in [1.29, 1.82) is 0 Å². The highest BCUT2D eigenvalue weighted by Gasteiger charge is 2.26. The van der Waals surface area contributed by atoms with E-state index in [4.69, 9.17) is 11.6 Å². The Kier molecular flexibility index (Phi) is 12.1. The molecule has 0 heterocycles. The van der Waals surface area contributed by atoms with Crippen LogP contribution in [0.2, 0.25) is 5.02 Å². The lowest BCUT2D eigenvalue weighted by molar-refractivity contribution is 0.222. The van der Waals surface area contributed by atoms with Gasteiger partial charge in [-0.3, -0.25) is 0 Å². The highest BCUT2D eigenvalue weighted by Crippen LogP contribution is 2.41. The predicted molar refractivity (Wildman–Crippen MR) is 158 cm³/mol. The molecular weight excluding hydrogens is 513 g/mol. The second kappa shape index (κ2) is 15.5. The molecule has 0 N–H and O–H groups in total. The molecule has 0 aliphatic heterocycles. The first-order chi connectivity index (χ1) is 18.9. The summed E-state index contributed by atoms with van der Waals surface area (Å²) in [6, 6.07) is 7.63. The van der Waals surface area contributed by atoms with Crippen molar-refractivity contribution in [2.75, 3.05) is 0 Å². The van der Waals surface area contributed by atoms with E-state index in [1.54, 1.807) is 18.2 Å². The average Bonchev–Trinajstić information content (AvgIpc) is 2.94. The Balaban J connectivity index is 1.16. The summed E-state index contributed by atoms with van der Waals surface area (Å²) in [7, 11) is 0. The molecule has 2 fully saturated rings. The first-order valence-electron chi connectivity index (χ1n) is 15.8. The molecule has 0 amide bonds. The van der Waals surface area contributed by atoms with Crippen LogP contribution < -0.4 is 0 Å². The minimum atomic E-state index is -0.503. The Bertz CT molecular complexity index is 996. The summed E-state index contributed by atoms with van der Waals surface area (Å²) in [5.41, 5.74) is 1.58. The van der Waals surface area contributed by atoms with Crippen LogP contribution in [0.25, 0.3) is 0 Å². The lowest BCUT2D eigenvalue weighted by Crippen LogP contribution is -2.18. The summed E-state index contributed by atoms with van der Waals surface area (Å²) in [4.78, 5) is 0. The van der Waals surface area contributed by atoms with Crippen LogP contribution in [-0.2, 0) is 12.8 Å². The number of hydrogen-bond acceptors (Lipinski definition) is 0. The van der Waals surface area contributed by atoms with Gasteiger partial charge in [0, 0.05) is 5.56 Å². The summed E-state index contributed by atoms with van der Waals surface area (Å²) in [6.45, 7) is 2.28. The van der Waals surface area contributed by atoms with Crippen LogP contribution in [0.1, 0.15) is 132 Å². The second-order valence-electron chi connectivity index (χ2n) is 12.6. The van der Waals surface area contributed by atoms with Gasteiger partial charge in [0.15, 0.2) is 0 Å². The van der Waals surface area contributed by atoms with Gasteiger partial charge in [-0.25, -0.2) is 13.2 Å². The Morgan fingerprint density at radius 1 is 0.641 bits per heavy atom. The molecule has 0 spiro atoms. The van der Waals surface area contributed by atoms with E-state index < -0.39 is 17.5 Å². The van der Waals surface area contributed by atoms with Crippen molar-refractivity contribution in [2.45, 2.75) is 128 Å². The highest BCUT2D eigenvalue weighted by atomic mass is 35.5. The lowest BCUT2D eigenvalue weighted by atomic mass is 9.74. The zero-order valence-corrected chi connectivity index (χ0v) is 24.7. The van der Waals surface area contributed by atoms with Crippen molar-refractivity contribution in [3.8, 4) is 0 Å². The number of hydrogen-bond donors (Lipinski definition) is 0. The zero-order valence-electron chi connectivity index (χ0n) is 23.9. The molecule has 216 valence electrons. The monoisotopic (exact) mass is 560 g/mol. The third kappa shape index (κ3) is 9.27. The topological polar surface area (TPSA) is 0 Å². The van der Waals surface area contributed by atoms with E-state index in [0.717, 1.165) is 36.2 Å². The van der Waals surface area contributed by atoms with E-state index in [1.807, 2.05) is 0 Å². The van der Waals surface area contributed by atoms with Crippen molar-refractivity contribution in [1.82, 2.24) is 0 Å². The van der Waals surface area contributed by atoms with Crippen molar-refractivity contribution >= 4 is 11.6 Å². The summed E-state index contributed by atoms with van der Waals surface area (Å²) >= 11 is 5.74. The van der Waals surface area contributed by atoms with Gasteiger partial charge >= 0.3 is 0 Å². The van der Waals surface area contributed by atoms with Gasteiger partial charge in [0.1, 0.15) is 17.5 Å². The molecule has 2 aliphatic rings. The maximum Gasteiger partial charge on any atom is 0.142 e. The van der Waals surface area contributed by atoms with E-state index in [2.05, 4.69) is 6.92 Å². The molecule has 2 aromatic carbocycles. The molecular formula is C35H48ClF3. The van der Waals surface area contributed by atoms with Crippen LogP contribution in [0.4, 0.5) is 13.2 Å². The Labute approximate surface area is 240 Å². The fourth-order valence-corrected chi connectivity index (χ4v) is 7.28. The first kappa shape index (κ1) is 30.5. The van der Waals surface area contributed by atoms with Crippen LogP contribution in [0.3, 0.4) is 0 Å². The third-order valence-electron chi connectivity index (χ3n) is 9.79. The zero-order chi connectivity index (χ0) is 27.6. The van der Waals surface area contributed by atoms with Crippen LogP contribution in [0, 0.1) is 35.2 Å². The largest absolute Gasteiger partial charge is 0.207 e. The van der Waals surface area contributed by atoms with E-state index in [9.17, 15) is 13.2 Å². The van der Waals surface area contributed by atoms with E-state index in [0.29, 0.717) is 12.0 Å². The summed E-state index contributed by atoms with van der Waals surface area (Å²) < 4.78 is 43.5. The smallest absolute Gasteiger partial charge is 0.142 e. The number of halogens is 4. The van der Waals surface area contributed by atoms with Gasteiger partial charge in [-0.2, -0.15) is 0 Å². The molecule has 4 rings (SSSR count). The molecule has 4 heteroatoms. The molecule has 0 saturated heterocycles. The highest BCUT2D eigenvalue weighted by molar-refractivity contribution is 6.30. The SMILES string of the molecule is CCCCCCC[C@H]1CC[C@H](CCC2CCC(c3cc(F)c(CCc4ccc(Cl)c(F)c4)c(F)c3)CC2)CC1. The summed E-state index contributed by atoms with van der Waals surface area (Å²) in [6.07, 6.45) is 21.8. The molecule has 2 aromatic rings. The Morgan fingerprint density at radius 3 is 1.79 bits per heavy atom. The average molecular weight is 561 g/mol. The van der Waals surface area contributed by atoms with Crippen LogP contribution in [0.15, 0.2) is 30.3 Å². The fraction of sp³-hybridized carbons (Fsp3) is 0.657. The van der Waals surface area contributed by atoms with E-state index in [-0.39, 0.29) is 22.9 Å². The lowest BCUT2D eigenvalue weighted by Gasteiger charge is -2.32. The fourth-order valence-electron chi connectivity index (χ4n) is 7.16. The van der Waals surface area contributed by atoms with Crippen molar-refractivity contribution in [2.24, 2.45) is 17.8 Å². The molecule has 0 aromatic heterocycles. The molecule has 0 bridgehead atoms. The number of unbranched alkanes of at least 4 members (excludes halogenated alkanes) is 4. The second-order valence-corrected chi connectivity index (χ2v) is 13.0. The minimum absolute atomic E-state index is 0.0566. The van der Waals surface area contributed by atoms with Gasteiger partial charge in [0.25, 0.3) is 0 Å². The summed E-state index contributed by atoms with van der Waals surface area (Å²) in [5.74, 6) is 1.46. The number of benzene rings is 2. The van der Waals surface area contributed by atoms with Crippen LogP contribution in [-0.4, -0.2) is 0 Å². The molecule has 2 saturated carbocycles. The quantitative estimate of drug-likeness (QED) is 0.214. The maximum absolute atomic E-state index is 14.9. The maximum atomic E-state index is 14.9. The molecule has 0 radical (unpaired) electrons. The third-order valence-corrected chi connectivity index (χ3v) is 10.1. The molecule has 39 heavy (non-hydrogen) atoms. The molecule has 0 atom stereocenters. The normalized spacial score (nSPS) is 23.7.